The predicted molar refractivity (Wildman–Crippen MR) is 103 cm³/mol. The summed E-state index contributed by atoms with van der Waals surface area (Å²) in [5.74, 6) is 5.40. The summed E-state index contributed by atoms with van der Waals surface area (Å²) in [7, 11) is 3.25. The van der Waals surface area contributed by atoms with Gasteiger partial charge in [0.15, 0.2) is 0 Å². The number of halogens is 1. The molecule has 3 N–H and O–H groups in total. The summed E-state index contributed by atoms with van der Waals surface area (Å²) < 4.78 is 17.3. The molecule has 2 aromatic carbocycles. The van der Waals surface area contributed by atoms with Gasteiger partial charge in [0.05, 0.1) is 6.54 Å². The number of hydrogen-bond donors (Lipinski definition) is 3. The van der Waals surface area contributed by atoms with Crippen LogP contribution < -0.4 is 10.6 Å². The van der Waals surface area contributed by atoms with Gasteiger partial charge in [0.25, 0.3) is 0 Å². The molecule has 0 aliphatic carbocycles. The lowest BCUT2D eigenvalue weighted by molar-refractivity contribution is -0.119. The van der Waals surface area contributed by atoms with Gasteiger partial charge in [-0.25, -0.2) is 4.39 Å². The number of carbonyl (C=O) groups is 1. The zero-order valence-corrected chi connectivity index (χ0v) is 15.8. The molecule has 2 aromatic rings. The smallest absolute Gasteiger partial charge is 0.217 e. The van der Waals surface area contributed by atoms with Gasteiger partial charge in [-0.3, -0.25) is 10.1 Å². The summed E-state index contributed by atoms with van der Waals surface area (Å²) in [5, 5.41) is 15.1. The standard InChI is InChI=1S/C19H19FN2O2.C2H6O/c1-14(23)21-13-19(24)22-12-17-9-6-15(7-10-17)5-8-16-3-2-4-18(20)11-16;1-3-2/h2-4,6-7,9-11,19,22,24H,12-13H2,1H3,(H,21,23);1-2H3. The van der Waals surface area contributed by atoms with E-state index in [1.807, 2.05) is 24.3 Å². The highest BCUT2D eigenvalue weighted by molar-refractivity contribution is 5.72. The van der Waals surface area contributed by atoms with Crippen LogP contribution in [0.3, 0.4) is 0 Å². The Balaban J connectivity index is 0.00000114. The summed E-state index contributed by atoms with van der Waals surface area (Å²) in [6.45, 7) is 2.03. The first-order chi connectivity index (χ1) is 12.9. The third-order valence-electron chi connectivity index (χ3n) is 3.22. The molecular formula is C21H25FN2O3. The number of carbonyl (C=O) groups excluding carboxylic acids is 1. The second kappa shape index (κ2) is 12.6. The molecule has 1 atom stereocenters. The highest BCUT2D eigenvalue weighted by atomic mass is 19.1. The minimum atomic E-state index is -0.804. The number of rotatable bonds is 5. The largest absolute Gasteiger partial charge is 0.388 e. The average molecular weight is 372 g/mol. The molecule has 0 radical (unpaired) electrons. The zero-order valence-electron chi connectivity index (χ0n) is 15.8. The van der Waals surface area contributed by atoms with Crippen LogP contribution in [0, 0.1) is 17.7 Å². The number of nitrogens with one attached hydrogen (secondary N) is 2. The van der Waals surface area contributed by atoms with Gasteiger partial charge in [0.1, 0.15) is 12.0 Å². The minimum Gasteiger partial charge on any atom is -0.388 e. The van der Waals surface area contributed by atoms with Crippen molar-refractivity contribution in [2.45, 2.75) is 19.7 Å². The van der Waals surface area contributed by atoms with E-state index in [1.165, 1.54) is 19.1 Å². The maximum atomic E-state index is 13.1. The van der Waals surface area contributed by atoms with E-state index in [4.69, 9.17) is 0 Å². The molecule has 0 aliphatic heterocycles. The van der Waals surface area contributed by atoms with Crippen LogP contribution in [0.1, 0.15) is 23.6 Å². The normalized spacial score (nSPS) is 10.7. The molecule has 2 rings (SSSR count). The van der Waals surface area contributed by atoms with Crippen LogP contribution in [0.4, 0.5) is 4.39 Å². The second-order valence-electron chi connectivity index (χ2n) is 5.70. The quantitative estimate of drug-likeness (QED) is 0.555. The molecule has 1 amide bonds. The Bertz CT molecular complexity index is 767. The van der Waals surface area contributed by atoms with Crippen molar-refractivity contribution in [3.05, 3.63) is 71.0 Å². The Morgan fingerprint density at radius 2 is 1.78 bits per heavy atom. The molecule has 0 aromatic heterocycles. The first kappa shape index (κ1) is 22.3. The highest BCUT2D eigenvalue weighted by Gasteiger charge is 2.03. The van der Waals surface area contributed by atoms with Crippen LogP contribution in [0.2, 0.25) is 0 Å². The van der Waals surface area contributed by atoms with Gasteiger partial charge >= 0.3 is 0 Å². The first-order valence-corrected chi connectivity index (χ1v) is 8.37. The molecule has 6 heteroatoms. The van der Waals surface area contributed by atoms with Crippen molar-refractivity contribution >= 4 is 5.91 Å². The number of aliphatic hydroxyl groups excluding tert-OH is 1. The maximum Gasteiger partial charge on any atom is 0.217 e. The SMILES string of the molecule is CC(=O)NCC(O)NCc1ccc(C#Cc2cccc(F)c2)cc1.COC. The number of ether oxygens (including phenoxy) is 1. The fourth-order valence-electron chi connectivity index (χ4n) is 1.96. The molecule has 0 heterocycles. The van der Waals surface area contributed by atoms with E-state index in [1.54, 1.807) is 26.4 Å². The molecule has 0 fully saturated rings. The van der Waals surface area contributed by atoms with Gasteiger partial charge in [-0.15, -0.1) is 0 Å². The van der Waals surface area contributed by atoms with E-state index >= 15 is 0 Å². The lowest BCUT2D eigenvalue weighted by Gasteiger charge is -2.13. The summed E-state index contributed by atoms with van der Waals surface area (Å²) in [4.78, 5) is 10.8. The molecule has 1 unspecified atom stereocenters. The molecule has 0 aliphatic rings. The van der Waals surface area contributed by atoms with Gasteiger partial charge in [-0.05, 0) is 35.9 Å². The van der Waals surface area contributed by atoms with Crippen molar-refractivity contribution in [3.8, 4) is 11.8 Å². The van der Waals surface area contributed by atoms with E-state index in [9.17, 15) is 14.3 Å². The minimum absolute atomic E-state index is 0.159. The van der Waals surface area contributed by atoms with Gasteiger partial charge in [-0.2, -0.15) is 0 Å². The van der Waals surface area contributed by atoms with Crippen LogP contribution in [-0.2, 0) is 16.1 Å². The summed E-state index contributed by atoms with van der Waals surface area (Å²) >= 11 is 0. The van der Waals surface area contributed by atoms with Gasteiger partial charge < -0.3 is 15.2 Å². The topological polar surface area (TPSA) is 70.6 Å². The number of methoxy groups -OCH3 is 1. The molecule has 5 nitrogen and oxygen atoms in total. The van der Waals surface area contributed by atoms with Gasteiger partial charge in [-0.1, -0.05) is 30.0 Å². The van der Waals surface area contributed by atoms with E-state index < -0.39 is 6.23 Å². The Morgan fingerprint density at radius 3 is 2.37 bits per heavy atom. The molecule has 0 bridgehead atoms. The van der Waals surface area contributed by atoms with Crippen molar-refractivity contribution < 1.29 is 19.0 Å². The molecule has 144 valence electrons. The summed E-state index contributed by atoms with van der Waals surface area (Å²) in [6, 6.07) is 13.7. The Kier molecular flexibility index (Phi) is 10.4. The fourth-order valence-corrected chi connectivity index (χ4v) is 1.96. The number of amides is 1. The molecule has 27 heavy (non-hydrogen) atoms. The first-order valence-electron chi connectivity index (χ1n) is 8.37. The van der Waals surface area contributed by atoms with E-state index in [0.717, 1.165) is 11.1 Å². The molecule has 0 saturated carbocycles. The van der Waals surface area contributed by atoms with E-state index in [0.29, 0.717) is 12.1 Å². The monoisotopic (exact) mass is 372 g/mol. The third kappa shape index (κ3) is 10.1. The van der Waals surface area contributed by atoms with E-state index in [-0.39, 0.29) is 18.3 Å². The van der Waals surface area contributed by atoms with Crippen LogP contribution in [0.15, 0.2) is 48.5 Å². The Labute approximate surface area is 159 Å². The Hall–Kier alpha value is -2.72. The van der Waals surface area contributed by atoms with Crippen LogP contribution in [0.25, 0.3) is 0 Å². The molecule has 0 spiro atoms. The lowest BCUT2D eigenvalue weighted by atomic mass is 10.1. The van der Waals surface area contributed by atoms with Gasteiger partial charge in [0.2, 0.25) is 5.91 Å². The van der Waals surface area contributed by atoms with Crippen molar-refractivity contribution in [3.63, 3.8) is 0 Å². The second-order valence-corrected chi connectivity index (χ2v) is 5.70. The van der Waals surface area contributed by atoms with Crippen LogP contribution in [0.5, 0.6) is 0 Å². The van der Waals surface area contributed by atoms with Crippen molar-refractivity contribution in [1.29, 1.82) is 0 Å². The average Bonchev–Trinajstić information content (AvgIpc) is 2.64. The van der Waals surface area contributed by atoms with Crippen LogP contribution in [-0.4, -0.2) is 38.0 Å². The van der Waals surface area contributed by atoms with Crippen molar-refractivity contribution in [1.82, 2.24) is 10.6 Å². The third-order valence-corrected chi connectivity index (χ3v) is 3.22. The maximum absolute atomic E-state index is 13.1. The van der Waals surface area contributed by atoms with Crippen molar-refractivity contribution in [2.24, 2.45) is 0 Å². The highest BCUT2D eigenvalue weighted by Crippen LogP contribution is 2.05. The predicted octanol–water partition coefficient (Wildman–Crippen LogP) is 2.03. The molecular weight excluding hydrogens is 347 g/mol. The lowest BCUT2D eigenvalue weighted by Crippen LogP contribution is -2.39. The zero-order chi connectivity index (χ0) is 20.1. The van der Waals surface area contributed by atoms with Crippen LogP contribution >= 0.6 is 0 Å². The van der Waals surface area contributed by atoms with Gasteiger partial charge in [0, 0.05) is 38.8 Å². The fraction of sp³-hybridized carbons (Fsp3) is 0.286. The summed E-state index contributed by atoms with van der Waals surface area (Å²) in [5.41, 5.74) is 2.43. The molecule has 0 saturated heterocycles. The van der Waals surface area contributed by atoms with E-state index in [2.05, 4.69) is 27.2 Å². The van der Waals surface area contributed by atoms with Crippen molar-refractivity contribution in [2.75, 3.05) is 20.8 Å². The number of hydrogen-bond acceptors (Lipinski definition) is 4. The number of aliphatic hydroxyl groups is 1. The summed E-state index contributed by atoms with van der Waals surface area (Å²) in [6.07, 6.45) is -0.804. The Morgan fingerprint density at radius 1 is 1.15 bits per heavy atom. The number of benzene rings is 2.